The summed E-state index contributed by atoms with van der Waals surface area (Å²) in [6.07, 6.45) is 5.54. The van der Waals surface area contributed by atoms with Crippen LogP contribution in [0, 0.1) is 11.8 Å². The first kappa shape index (κ1) is 16.8. The van der Waals surface area contributed by atoms with Gasteiger partial charge in [0.15, 0.2) is 0 Å². The Morgan fingerprint density at radius 1 is 0.923 bits per heavy atom. The number of nitrogens with one attached hydrogen (secondary N) is 1. The Bertz CT molecular complexity index is 818. The van der Waals surface area contributed by atoms with Gasteiger partial charge < -0.3 is 5.32 Å². The first-order valence-electron chi connectivity index (χ1n) is 9.60. The quantitative estimate of drug-likeness (QED) is 0.621. The predicted molar refractivity (Wildman–Crippen MR) is 110 cm³/mol. The number of benzene rings is 2. The highest BCUT2D eigenvalue weighted by Gasteiger charge is 2.31. The van der Waals surface area contributed by atoms with Crippen molar-refractivity contribution in [1.82, 2.24) is 4.98 Å². The predicted octanol–water partition coefficient (Wildman–Crippen LogP) is 5.93. The SMILES string of the molecule is CC1CC(Cc2ccc(-c3ccccn3)cc2)C(Nc2ccccc2)C1.[H+]. The summed E-state index contributed by atoms with van der Waals surface area (Å²) in [7, 11) is 0. The van der Waals surface area contributed by atoms with Crippen molar-refractivity contribution in [2.45, 2.75) is 32.2 Å². The summed E-state index contributed by atoms with van der Waals surface area (Å²) in [6.45, 7) is 2.38. The van der Waals surface area contributed by atoms with Crippen LogP contribution in [0.3, 0.4) is 0 Å². The number of hydrogen-bond donors (Lipinski definition) is 1. The molecule has 0 spiro atoms. The zero-order valence-corrected chi connectivity index (χ0v) is 15.3. The molecular weight excluding hydrogens is 316 g/mol. The molecule has 1 aromatic heterocycles. The summed E-state index contributed by atoms with van der Waals surface area (Å²) in [5, 5.41) is 3.77. The fourth-order valence-corrected chi connectivity index (χ4v) is 4.20. The minimum atomic E-state index is 0. The summed E-state index contributed by atoms with van der Waals surface area (Å²) in [6, 6.07) is 26.2. The minimum Gasteiger partial charge on any atom is -0.382 e. The van der Waals surface area contributed by atoms with Crippen LogP contribution < -0.4 is 5.32 Å². The Hall–Kier alpha value is -2.61. The number of aromatic nitrogens is 1. The number of anilines is 1. The van der Waals surface area contributed by atoms with E-state index in [2.05, 4.69) is 77.9 Å². The van der Waals surface area contributed by atoms with Gasteiger partial charge >= 0.3 is 1.43 Å². The monoisotopic (exact) mass is 343 g/mol. The molecule has 2 nitrogen and oxygen atoms in total. The van der Waals surface area contributed by atoms with Crippen LogP contribution in [0.15, 0.2) is 79.0 Å². The van der Waals surface area contributed by atoms with Gasteiger partial charge in [-0.1, -0.05) is 55.5 Å². The van der Waals surface area contributed by atoms with Crippen molar-refractivity contribution in [1.29, 1.82) is 0 Å². The van der Waals surface area contributed by atoms with Crippen LogP contribution in [0.5, 0.6) is 0 Å². The molecule has 2 heteroatoms. The van der Waals surface area contributed by atoms with Gasteiger partial charge in [0.2, 0.25) is 0 Å². The number of hydrogen-bond acceptors (Lipinski definition) is 2. The molecule has 26 heavy (non-hydrogen) atoms. The van der Waals surface area contributed by atoms with Crippen molar-refractivity contribution in [2.75, 3.05) is 5.32 Å². The molecule has 1 aliphatic carbocycles. The molecule has 1 N–H and O–H groups in total. The summed E-state index contributed by atoms with van der Waals surface area (Å²) < 4.78 is 0. The summed E-state index contributed by atoms with van der Waals surface area (Å²) in [4.78, 5) is 4.44. The van der Waals surface area contributed by atoms with Crippen molar-refractivity contribution in [3.05, 3.63) is 84.6 Å². The summed E-state index contributed by atoms with van der Waals surface area (Å²) >= 11 is 0. The highest BCUT2D eigenvalue weighted by molar-refractivity contribution is 5.59. The van der Waals surface area contributed by atoms with Crippen LogP contribution >= 0.6 is 0 Å². The molecule has 0 saturated heterocycles. The normalized spacial score (nSPS) is 22.3. The average molecular weight is 343 g/mol. The van der Waals surface area contributed by atoms with E-state index in [1.54, 1.807) is 0 Å². The number of para-hydroxylation sites is 1. The van der Waals surface area contributed by atoms with Crippen molar-refractivity contribution < 1.29 is 1.43 Å². The van der Waals surface area contributed by atoms with Crippen molar-refractivity contribution in [2.24, 2.45) is 11.8 Å². The highest BCUT2D eigenvalue weighted by atomic mass is 14.9. The Balaban J connectivity index is 0.00000210. The van der Waals surface area contributed by atoms with Crippen LogP contribution in [0.4, 0.5) is 5.69 Å². The molecule has 3 aromatic rings. The lowest BCUT2D eigenvalue weighted by Crippen LogP contribution is -2.25. The van der Waals surface area contributed by atoms with Gasteiger partial charge in [-0.25, -0.2) is 0 Å². The molecule has 1 saturated carbocycles. The summed E-state index contributed by atoms with van der Waals surface area (Å²) in [5.41, 5.74) is 4.89. The second-order valence-electron chi connectivity index (χ2n) is 7.57. The molecule has 1 aliphatic rings. The second-order valence-corrected chi connectivity index (χ2v) is 7.57. The molecule has 0 aliphatic heterocycles. The summed E-state index contributed by atoms with van der Waals surface area (Å²) in [5.74, 6) is 1.47. The Labute approximate surface area is 157 Å². The third-order valence-corrected chi connectivity index (χ3v) is 5.47. The number of pyridine rings is 1. The van der Waals surface area contributed by atoms with E-state index < -0.39 is 0 Å². The van der Waals surface area contributed by atoms with Gasteiger partial charge in [0.25, 0.3) is 0 Å². The maximum absolute atomic E-state index is 4.44. The van der Waals surface area contributed by atoms with Crippen LogP contribution in [-0.2, 0) is 6.42 Å². The molecular formula is C24H27N2+. The molecule has 3 unspecified atom stereocenters. The maximum Gasteiger partial charge on any atom is 1.00 e. The zero-order valence-electron chi connectivity index (χ0n) is 16.3. The van der Waals surface area contributed by atoms with E-state index in [9.17, 15) is 0 Å². The molecule has 132 valence electrons. The smallest absolute Gasteiger partial charge is 0.382 e. The van der Waals surface area contributed by atoms with Crippen LogP contribution in [0.1, 0.15) is 26.8 Å². The molecule has 0 bridgehead atoms. The minimum absolute atomic E-state index is 0. The van der Waals surface area contributed by atoms with Crippen LogP contribution in [-0.4, -0.2) is 11.0 Å². The van der Waals surface area contributed by atoms with Crippen LogP contribution in [0.2, 0.25) is 0 Å². The Kier molecular flexibility index (Phi) is 5.01. The molecule has 3 atom stereocenters. The standard InChI is InChI=1S/C24H26N2/c1-18-15-21(24(16-18)26-22-7-3-2-4-8-22)17-19-10-12-20(13-11-19)23-9-5-6-14-25-23/h2-14,18,21,24,26H,15-17H2,1H3/p+1. The van der Waals surface area contributed by atoms with E-state index in [0.29, 0.717) is 12.0 Å². The van der Waals surface area contributed by atoms with Gasteiger partial charge in [-0.15, -0.1) is 0 Å². The lowest BCUT2D eigenvalue weighted by atomic mass is 9.93. The topological polar surface area (TPSA) is 24.9 Å². The highest BCUT2D eigenvalue weighted by Crippen LogP contribution is 2.35. The average Bonchev–Trinajstić information content (AvgIpc) is 3.02. The first-order chi connectivity index (χ1) is 12.8. The second kappa shape index (κ2) is 7.74. The van der Waals surface area contributed by atoms with Crippen molar-refractivity contribution in [3.8, 4) is 11.3 Å². The maximum atomic E-state index is 4.44. The van der Waals surface area contributed by atoms with Gasteiger partial charge in [0, 0.05) is 23.5 Å². The third kappa shape index (κ3) is 3.96. The first-order valence-corrected chi connectivity index (χ1v) is 9.60. The third-order valence-electron chi connectivity index (χ3n) is 5.47. The largest absolute Gasteiger partial charge is 1.00 e. The lowest BCUT2D eigenvalue weighted by Gasteiger charge is -2.22. The molecule has 1 heterocycles. The van der Waals surface area contributed by atoms with E-state index in [1.165, 1.54) is 29.7 Å². The molecule has 0 radical (unpaired) electrons. The Morgan fingerprint density at radius 3 is 2.42 bits per heavy atom. The van der Waals surface area contributed by atoms with Gasteiger partial charge in [-0.3, -0.25) is 4.98 Å². The van der Waals surface area contributed by atoms with Gasteiger partial charge in [0.1, 0.15) is 0 Å². The Morgan fingerprint density at radius 2 is 1.69 bits per heavy atom. The van der Waals surface area contributed by atoms with Gasteiger partial charge in [0.05, 0.1) is 5.69 Å². The van der Waals surface area contributed by atoms with Gasteiger partial charge in [-0.2, -0.15) is 0 Å². The fraction of sp³-hybridized carbons (Fsp3) is 0.292. The molecule has 2 aromatic carbocycles. The lowest BCUT2D eigenvalue weighted by molar-refractivity contribution is 0.490. The van der Waals surface area contributed by atoms with Crippen molar-refractivity contribution >= 4 is 5.69 Å². The van der Waals surface area contributed by atoms with E-state index in [4.69, 9.17) is 0 Å². The fourth-order valence-electron chi connectivity index (χ4n) is 4.20. The van der Waals surface area contributed by atoms with Crippen molar-refractivity contribution in [3.63, 3.8) is 0 Å². The molecule has 1 fully saturated rings. The van der Waals surface area contributed by atoms with Gasteiger partial charge in [-0.05, 0) is 60.9 Å². The molecule has 4 rings (SSSR count). The number of rotatable bonds is 5. The molecule has 0 amide bonds. The van der Waals surface area contributed by atoms with E-state index in [0.717, 1.165) is 18.0 Å². The number of nitrogens with zero attached hydrogens (tertiary/aromatic N) is 1. The van der Waals surface area contributed by atoms with E-state index in [1.807, 2.05) is 18.3 Å². The zero-order chi connectivity index (χ0) is 17.8. The van der Waals surface area contributed by atoms with E-state index in [-0.39, 0.29) is 1.43 Å². The van der Waals surface area contributed by atoms with Crippen LogP contribution in [0.25, 0.3) is 11.3 Å². The van der Waals surface area contributed by atoms with E-state index >= 15 is 0 Å².